The van der Waals surface area contributed by atoms with Crippen molar-refractivity contribution in [3.05, 3.63) is 53.7 Å². The van der Waals surface area contributed by atoms with E-state index in [1.54, 1.807) is 19.3 Å². The molecule has 0 spiro atoms. The Morgan fingerprint density at radius 3 is 2.50 bits per heavy atom. The van der Waals surface area contributed by atoms with Gasteiger partial charge in [-0.3, -0.25) is 10.1 Å². The number of benzene rings is 2. The van der Waals surface area contributed by atoms with Crippen LogP contribution in [0.4, 0.5) is 5.69 Å². The Labute approximate surface area is 155 Å². The molecule has 1 heterocycles. The summed E-state index contributed by atoms with van der Waals surface area (Å²) in [6, 6.07) is 11.6. The van der Waals surface area contributed by atoms with Crippen molar-refractivity contribution in [1.82, 2.24) is 10.2 Å². The molecule has 0 aliphatic heterocycles. The van der Waals surface area contributed by atoms with Crippen LogP contribution in [0.1, 0.15) is 45.7 Å². The first-order valence-corrected chi connectivity index (χ1v) is 8.89. The molecule has 1 aromatic heterocycles. The average Bonchev–Trinajstić information content (AvgIpc) is 3.09. The van der Waals surface area contributed by atoms with Gasteiger partial charge in [0, 0.05) is 18.1 Å². The lowest BCUT2D eigenvalue weighted by molar-refractivity contribution is 0.473. The maximum atomic E-state index is 10.3. The van der Waals surface area contributed by atoms with Crippen molar-refractivity contribution in [2.45, 2.75) is 40.0 Å². The van der Waals surface area contributed by atoms with Crippen LogP contribution < -0.4 is 5.32 Å². The number of aromatic hydroxyl groups is 1. The quantitative estimate of drug-likeness (QED) is 0.445. The summed E-state index contributed by atoms with van der Waals surface area (Å²) in [6.45, 7) is 10.4. The van der Waals surface area contributed by atoms with Crippen molar-refractivity contribution in [2.75, 3.05) is 12.4 Å². The lowest BCUT2D eigenvalue weighted by Crippen LogP contribution is -2.17. The third-order valence-electron chi connectivity index (χ3n) is 4.05. The first-order valence-electron chi connectivity index (χ1n) is 8.89. The molecule has 2 aromatic carbocycles. The third-order valence-corrected chi connectivity index (χ3v) is 4.05. The second-order valence-corrected chi connectivity index (χ2v) is 6.85. The van der Waals surface area contributed by atoms with E-state index in [9.17, 15) is 5.11 Å². The lowest BCUT2D eigenvalue weighted by atomic mass is 9.86. The fourth-order valence-electron chi connectivity index (χ4n) is 2.59. The van der Waals surface area contributed by atoms with Crippen molar-refractivity contribution in [3.8, 4) is 5.75 Å². The van der Waals surface area contributed by atoms with Gasteiger partial charge in [0.1, 0.15) is 11.6 Å². The number of anilines is 1. The number of rotatable bonds is 2. The van der Waals surface area contributed by atoms with E-state index in [4.69, 9.17) is 0 Å². The van der Waals surface area contributed by atoms with E-state index in [-0.39, 0.29) is 11.2 Å². The highest BCUT2D eigenvalue weighted by Gasteiger charge is 2.17. The molecule has 0 unspecified atom stereocenters. The number of phenolic OH excluding ortho intramolecular Hbond substituents is 1. The van der Waals surface area contributed by atoms with Crippen LogP contribution in [-0.2, 0) is 5.41 Å². The lowest BCUT2D eigenvalue weighted by Gasteiger charge is -2.21. The molecule has 0 radical (unpaired) electrons. The molecule has 5 heteroatoms. The molecule has 3 aromatic rings. The van der Waals surface area contributed by atoms with Crippen LogP contribution >= 0.6 is 0 Å². The molecule has 5 nitrogen and oxygen atoms in total. The highest BCUT2D eigenvalue weighted by atomic mass is 16.3. The van der Waals surface area contributed by atoms with Crippen LogP contribution in [0, 0.1) is 0 Å². The summed E-state index contributed by atoms with van der Waals surface area (Å²) < 4.78 is 0. The Hall–Kier alpha value is -2.82. The highest BCUT2D eigenvalue weighted by molar-refractivity contribution is 6.10. The largest absolute Gasteiger partial charge is 0.507 e. The highest BCUT2D eigenvalue weighted by Crippen LogP contribution is 2.28. The molecule has 0 aliphatic carbocycles. The number of nitrogens with one attached hydrogen (secondary N) is 2. The zero-order chi connectivity index (χ0) is 19.3. The summed E-state index contributed by atoms with van der Waals surface area (Å²) in [4.78, 5) is 4.33. The molecule has 0 amide bonds. The molecule has 0 fully saturated rings. The number of aromatic amines is 1. The first-order chi connectivity index (χ1) is 12.4. The number of aromatic nitrogens is 2. The predicted molar refractivity (Wildman–Crippen MR) is 110 cm³/mol. The number of phenols is 1. The van der Waals surface area contributed by atoms with Gasteiger partial charge in [0.05, 0.1) is 17.3 Å². The maximum Gasteiger partial charge on any atom is 0.136 e. The Morgan fingerprint density at radius 1 is 1.12 bits per heavy atom. The summed E-state index contributed by atoms with van der Waals surface area (Å²) in [6.07, 6.45) is 1.78. The van der Waals surface area contributed by atoms with Gasteiger partial charge < -0.3 is 10.4 Å². The van der Waals surface area contributed by atoms with Gasteiger partial charge in [-0.1, -0.05) is 40.7 Å². The monoisotopic (exact) mass is 352 g/mol. The van der Waals surface area contributed by atoms with E-state index in [2.05, 4.69) is 41.3 Å². The zero-order valence-corrected chi connectivity index (χ0v) is 16.4. The Balaban J connectivity index is 0.00000117. The summed E-state index contributed by atoms with van der Waals surface area (Å²) in [7, 11) is 1.71. The molecule has 3 N–H and O–H groups in total. The van der Waals surface area contributed by atoms with Gasteiger partial charge >= 0.3 is 0 Å². The summed E-state index contributed by atoms with van der Waals surface area (Å²) in [5.74, 6) is 0.830. The summed E-state index contributed by atoms with van der Waals surface area (Å²) in [5.41, 5.74) is 3.66. The minimum atomic E-state index is -0.00384. The van der Waals surface area contributed by atoms with Gasteiger partial charge in [0.2, 0.25) is 0 Å². The van der Waals surface area contributed by atoms with Crippen LogP contribution in [0.5, 0.6) is 5.75 Å². The van der Waals surface area contributed by atoms with Crippen molar-refractivity contribution < 1.29 is 5.11 Å². The van der Waals surface area contributed by atoms with Gasteiger partial charge in [0.25, 0.3) is 0 Å². The van der Waals surface area contributed by atoms with E-state index >= 15 is 0 Å². The molecule has 0 atom stereocenters. The molecular weight excluding hydrogens is 324 g/mol. The van der Waals surface area contributed by atoms with Crippen LogP contribution in [0.3, 0.4) is 0 Å². The first kappa shape index (κ1) is 19.5. The Morgan fingerprint density at radius 2 is 1.85 bits per heavy atom. The molecule has 138 valence electrons. The Bertz CT molecular complexity index is 904. The van der Waals surface area contributed by atoms with Crippen molar-refractivity contribution in [3.63, 3.8) is 0 Å². The minimum Gasteiger partial charge on any atom is -0.507 e. The molecule has 0 saturated heterocycles. The molecule has 3 rings (SSSR count). The van der Waals surface area contributed by atoms with Crippen molar-refractivity contribution >= 4 is 22.4 Å². The predicted octanol–water partition coefficient (Wildman–Crippen LogP) is 5.08. The van der Waals surface area contributed by atoms with E-state index in [1.807, 2.05) is 44.2 Å². The number of aliphatic imine (C=N–C) groups is 1. The van der Waals surface area contributed by atoms with Gasteiger partial charge in [-0.15, -0.1) is 0 Å². The topological polar surface area (TPSA) is 73.3 Å². The summed E-state index contributed by atoms with van der Waals surface area (Å²) >= 11 is 0. The van der Waals surface area contributed by atoms with Gasteiger partial charge in [-0.05, 0) is 41.3 Å². The maximum absolute atomic E-state index is 10.3. The SMILES string of the molecule is CC.CN=C(Nc1ccc2cn[nH]c2c1)c1cc(C(C)(C)C)ccc1O. The van der Waals surface area contributed by atoms with Gasteiger partial charge in [-0.2, -0.15) is 5.10 Å². The molecule has 0 bridgehead atoms. The number of nitrogens with zero attached hydrogens (tertiary/aromatic N) is 2. The standard InChI is InChI=1S/C19H22N4O.C2H6/c1-19(2,3)13-6-8-17(24)15(9-13)18(20-4)22-14-7-5-12-11-21-23-16(12)10-14;1-2/h5-11,24H,1-4H3,(H,20,22)(H,21,23);1-2H3. The van der Waals surface area contributed by atoms with Crippen LogP contribution in [0.25, 0.3) is 10.9 Å². The second kappa shape index (κ2) is 8.04. The number of hydrogen-bond donors (Lipinski definition) is 3. The van der Waals surface area contributed by atoms with Crippen LogP contribution in [0.2, 0.25) is 0 Å². The van der Waals surface area contributed by atoms with Crippen molar-refractivity contribution in [2.24, 2.45) is 4.99 Å². The second-order valence-electron chi connectivity index (χ2n) is 6.85. The molecule has 0 saturated carbocycles. The molecular formula is C21H28N4O. The fraction of sp³-hybridized carbons (Fsp3) is 0.333. The van der Waals surface area contributed by atoms with E-state index < -0.39 is 0 Å². The zero-order valence-electron chi connectivity index (χ0n) is 16.4. The van der Waals surface area contributed by atoms with E-state index in [1.165, 1.54) is 0 Å². The number of hydrogen-bond acceptors (Lipinski definition) is 3. The van der Waals surface area contributed by atoms with Gasteiger partial charge in [-0.25, -0.2) is 0 Å². The van der Waals surface area contributed by atoms with Crippen LogP contribution in [0.15, 0.2) is 47.6 Å². The minimum absolute atomic E-state index is 0.00384. The molecule has 0 aliphatic rings. The smallest absolute Gasteiger partial charge is 0.136 e. The normalized spacial score (nSPS) is 11.8. The van der Waals surface area contributed by atoms with E-state index in [0.29, 0.717) is 11.4 Å². The van der Waals surface area contributed by atoms with E-state index in [0.717, 1.165) is 22.2 Å². The number of amidine groups is 1. The number of H-pyrrole nitrogens is 1. The van der Waals surface area contributed by atoms with Crippen LogP contribution in [-0.4, -0.2) is 28.2 Å². The third kappa shape index (κ3) is 4.23. The molecule has 26 heavy (non-hydrogen) atoms. The summed E-state index contributed by atoms with van der Waals surface area (Å²) in [5, 5.41) is 21.6. The number of fused-ring (bicyclic) bond motifs is 1. The Kier molecular flexibility index (Phi) is 6.03. The van der Waals surface area contributed by atoms with Crippen molar-refractivity contribution in [1.29, 1.82) is 0 Å². The van der Waals surface area contributed by atoms with Gasteiger partial charge in [0.15, 0.2) is 0 Å². The average molecular weight is 352 g/mol. The fourth-order valence-corrected chi connectivity index (χ4v) is 2.59.